The Morgan fingerprint density at radius 1 is 0.875 bits per heavy atom. The molecule has 0 aliphatic carbocycles. The summed E-state index contributed by atoms with van der Waals surface area (Å²) in [6.07, 6.45) is -13.7. The number of aliphatic hydroxyl groups excluding tert-OH is 7. The zero-order valence-corrected chi connectivity index (χ0v) is 19.5. The van der Waals surface area contributed by atoms with Gasteiger partial charge in [0.25, 0.3) is 0 Å². The largest absolute Gasteiger partial charge is 0.394 e. The first-order valence-electron chi connectivity index (χ1n) is 10.4. The number of thiol groups is 1. The molecule has 0 amide bonds. The lowest BCUT2D eigenvalue weighted by Gasteiger charge is -2.47. The predicted molar refractivity (Wildman–Crippen MR) is 116 cm³/mol. The van der Waals surface area contributed by atoms with E-state index in [9.17, 15) is 35.7 Å². The van der Waals surface area contributed by atoms with E-state index in [1.807, 2.05) is 0 Å². The lowest BCUT2D eigenvalue weighted by molar-refractivity contribution is -0.366. The van der Waals surface area contributed by atoms with Gasteiger partial charge in [-0.25, -0.2) is 0 Å². The Bertz CT molecular complexity index is 535. The highest BCUT2D eigenvalue weighted by atomic mass is 32.2. The van der Waals surface area contributed by atoms with E-state index >= 15 is 0 Å². The molecule has 14 heteroatoms. The van der Waals surface area contributed by atoms with Crippen LogP contribution in [0.5, 0.6) is 0 Å². The average molecular weight is 506 g/mol. The van der Waals surface area contributed by atoms with Crippen molar-refractivity contribution in [1.29, 1.82) is 0 Å². The molecule has 2 aliphatic rings. The maximum Gasteiger partial charge on any atom is 0.187 e. The smallest absolute Gasteiger partial charge is 0.187 e. The van der Waals surface area contributed by atoms with Crippen molar-refractivity contribution in [2.24, 2.45) is 0 Å². The van der Waals surface area contributed by atoms with E-state index in [-0.39, 0.29) is 0 Å². The van der Waals surface area contributed by atoms with E-state index in [1.54, 1.807) is 11.8 Å². The molecule has 0 aromatic heterocycles. The summed E-state index contributed by atoms with van der Waals surface area (Å²) in [6, 6.07) is 0. The lowest BCUT2D eigenvalue weighted by atomic mass is 9.96. The Kier molecular flexibility index (Phi) is 12.4. The van der Waals surface area contributed by atoms with Gasteiger partial charge < -0.3 is 50.0 Å². The molecule has 12 nitrogen and oxygen atoms in total. The predicted octanol–water partition coefficient (Wildman–Crippen LogP) is -3.47. The number of nitrogens with zero attached hydrogens (tertiary/aromatic N) is 1. The van der Waals surface area contributed by atoms with Crippen LogP contribution in [0.1, 0.15) is 6.42 Å². The number of hydrogen-bond donors (Lipinski definition) is 8. The van der Waals surface area contributed by atoms with Crippen molar-refractivity contribution in [3.63, 3.8) is 0 Å². The van der Waals surface area contributed by atoms with Gasteiger partial charge in [-0.2, -0.15) is 29.5 Å². The van der Waals surface area contributed by atoms with Crippen molar-refractivity contribution >= 4 is 24.4 Å². The summed E-state index contributed by atoms with van der Waals surface area (Å²) in [7, 11) is 1.40. The Morgan fingerprint density at radius 3 is 2.16 bits per heavy atom. The molecule has 10 atom stereocenters. The summed E-state index contributed by atoms with van der Waals surface area (Å²) < 4.78 is 16.6. The van der Waals surface area contributed by atoms with Crippen LogP contribution < -0.4 is 0 Å². The molecular formula is C18H35NO11S2. The molecule has 0 spiro atoms. The fourth-order valence-electron chi connectivity index (χ4n) is 3.62. The van der Waals surface area contributed by atoms with Gasteiger partial charge >= 0.3 is 0 Å². The molecule has 0 radical (unpaired) electrons. The standard InChI is InChI=1S/C18H35NO11S2/c1-27-19(3-2-5-32-6-4-31)17-14(25)13(24)16(10(8-21)28-17)30-18-15(26)12(23)11(22)9(7-20)29-18/h9-18,20-26,31H,2-8H2,1H3/t9?,10?,11-,12-,13+,14?,15?,16+,17+,18-/m0/s1. The zero-order chi connectivity index (χ0) is 23.8. The molecule has 190 valence electrons. The van der Waals surface area contributed by atoms with Gasteiger partial charge in [-0.3, -0.25) is 4.84 Å². The quantitative estimate of drug-likeness (QED) is 0.0745. The first-order valence-corrected chi connectivity index (χ1v) is 12.2. The topological polar surface area (TPSA) is 182 Å². The number of rotatable bonds is 12. The Labute approximate surface area is 196 Å². The number of aliphatic hydroxyl groups is 7. The van der Waals surface area contributed by atoms with E-state index in [2.05, 4.69) is 12.6 Å². The van der Waals surface area contributed by atoms with Gasteiger partial charge in [-0.05, 0) is 17.9 Å². The van der Waals surface area contributed by atoms with E-state index in [0.29, 0.717) is 13.0 Å². The maximum absolute atomic E-state index is 10.7. The monoisotopic (exact) mass is 505 g/mol. The first-order chi connectivity index (χ1) is 15.3. The Balaban J connectivity index is 2.04. The summed E-state index contributed by atoms with van der Waals surface area (Å²) in [5, 5.41) is 71.8. The lowest BCUT2D eigenvalue weighted by Crippen LogP contribution is -2.66. The molecule has 7 N–H and O–H groups in total. The van der Waals surface area contributed by atoms with Crippen LogP contribution in [-0.4, -0.2) is 146 Å². The minimum Gasteiger partial charge on any atom is -0.394 e. The van der Waals surface area contributed by atoms with Gasteiger partial charge in [0.2, 0.25) is 0 Å². The molecular weight excluding hydrogens is 470 g/mol. The minimum absolute atomic E-state index is 0.390. The van der Waals surface area contributed by atoms with E-state index in [4.69, 9.17) is 19.0 Å². The van der Waals surface area contributed by atoms with Crippen LogP contribution >= 0.6 is 24.4 Å². The second kappa shape index (κ2) is 13.9. The summed E-state index contributed by atoms with van der Waals surface area (Å²) in [5.41, 5.74) is 0. The third-order valence-corrected chi connectivity index (χ3v) is 7.00. The van der Waals surface area contributed by atoms with Crippen molar-refractivity contribution < 1.29 is 54.8 Å². The van der Waals surface area contributed by atoms with Crippen LogP contribution in [0, 0.1) is 0 Å². The van der Waals surface area contributed by atoms with Gasteiger partial charge in [0.05, 0.1) is 20.3 Å². The second-order valence-corrected chi connectivity index (χ2v) is 9.21. The minimum atomic E-state index is -1.71. The van der Waals surface area contributed by atoms with Crippen LogP contribution in [0.2, 0.25) is 0 Å². The molecule has 2 fully saturated rings. The molecule has 0 aromatic rings. The Morgan fingerprint density at radius 2 is 1.56 bits per heavy atom. The molecule has 2 rings (SSSR count). The van der Waals surface area contributed by atoms with Gasteiger partial charge in [-0.15, -0.1) is 0 Å². The third-order valence-electron chi connectivity index (χ3n) is 5.40. The van der Waals surface area contributed by atoms with Crippen LogP contribution in [0.4, 0.5) is 0 Å². The van der Waals surface area contributed by atoms with Crippen LogP contribution in [0.15, 0.2) is 0 Å². The molecule has 2 saturated heterocycles. The maximum atomic E-state index is 10.7. The summed E-state index contributed by atoms with van der Waals surface area (Å²) in [6.45, 7) is -0.865. The molecule has 2 aliphatic heterocycles. The average Bonchev–Trinajstić information content (AvgIpc) is 2.80. The molecule has 32 heavy (non-hydrogen) atoms. The van der Waals surface area contributed by atoms with E-state index in [0.717, 1.165) is 17.3 Å². The van der Waals surface area contributed by atoms with Crippen molar-refractivity contribution in [2.75, 3.05) is 44.1 Å². The van der Waals surface area contributed by atoms with Gasteiger partial charge in [0.15, 0.2) is 12.5 Å². The van der Waals surface area contributed by atoms with E-state index < -0.39 is 74.6 Å². The molecule has 0 saturated carbocycles. The Hall–Kier alpha value is 0.220. The first kappa shape index (κ1) is 28.5. The number of hydroxylamine groups is 2. The van der Waals surface area contributed by atoms with Gasteiger partial charge in [0, 0.05) is 12.3 Å². The highest BCUT2D eigenvalue weighted by Crippen LogP contribution is 2.30. The summed E-state index contributed by atoms with van der Waals surface area (Å²) in [4.78, 5) is 5.30. The highest BCUT2D eigenvalue weighted by molar-refractivity contribution is 7.99. The normalized spacial score (nSPS) is 40.7. The van der Waals surface area contributed by atoms with Gasteiger partial charge in [0.1, 0.15) is 48.8 Å². The van der Waals surface area contributed by atoms with Crippen LogP contribution in [0.25, 0.3) is 0 Å². The molecule has 0 aromatic carbocycles. The molecule has 4 unspecified atom stereocenters. The fourth-order valence-corrected chi connectivity index (χ4v) is 4.67. The summed E-state index contributed by atoms with van der Waals surface area (Å²) >= 11 is 5.87. The number of ether oxygens (including phenoxy) is 3. The zero-order valence-electron chi connectivity index (χ0n) is 17.8. The highest BCUT2D eigenvalue weighted by Gasteiger charge is 2.51. The second-order valence-electron chi connectivity index (χ2n) is 7.54. The third kappa shape index (κ3) is 6.88. The number of thioether (sulfide) groups is 1. The molecule has 2 heterocycles. The fraction of sp³-hybridized carbons (Fsp3) is 1.00. The SMILES string of the molecule is CON(CCCSCCS)[C@@H]1OC(CO)[C@@H](O[C@@H]2OC(CO)[C@H](O)[C@H](O)C2O)[C@H](O)C1O. The van der Waals surface area contributed by atoms with Crippen LogP contribution in [-0.2, 0) is 19.0 Å². The van der Waals surface area contributed by atoms with Crippen molar-refractivity contribution in [3.05, 3.63) is 0 Å². The summed E-state index contributed by atoms with van der Waals surface area (Å²) in [5.74, 6) is 2.50. The van der Waals surface area contributed by atoms with Gasteiger partial charge in [-0.1, -0.05) is 0 Å². The van der Waals surface area contributed by atoms with Crippen molar-refractivity contribution in [2.45, 2.75) is 67.8 Å². The van der Waals surface area contributed by atoms with Crippen LogP contribution in [0.3, 0.4) is 0 Å². The van der Waals surface area contributed by atoms with Crippen molar-refractivity contribution in [1.82, 2.24) is 5.06 Å². The molecule has 0 bridgehead atoms. The van der Waals surface area contributed by atoms with Crippen molar-refractivity contribution in [3.8, 4) is 0 Å². The van der Waals surface area contributed by atoms with E-state index in [1.165, 1.54) is 12.2 Å². The number of hydrogen-bond acceptors (Lipinski definition) is 14.